The summed E-state index contributed by atoms with van der Waals surface area (Å²) in [7, 11) is 1.33. The molecule has 0 aromatic carbocycles. The number of carbonyl (C=O) groups excluding carboxylic acids is 2. The van der Waals surface area contributed by atoms with Crippen LogP contribution >= 0.6 is 0 Å². The van der Waals surface area contributed by atoms with E-state index in [1.54, 1.807) is 13.8 Å². The number of esters is 2. The van der Waals surface area contributed by atoms with Gasteiger partial charge in [-0.25, -0.2) is 9.59 Å². The maximum atomic E-state index is 10.7. The van der Waals surface area contributed by atoms with Crippen LogP contribution in [0.1, 0.15) is 27.2 Å². The molecule has 1 unspecified atom stereocenters. The SMILES string of the molecule is C=C(C)C(=O)OC.C=C(C)C(=O)OCC(O)CC. The fourth-order valence-electron chi connectivity index (χ4n) is 0.587. The van der Waals surface area contributed by atoms with Gasteiger partial charge in [-0.1, -0.05) is 20.1 Å². The van der Waals surface area contributed by atoms with Crippen molar-refractivity contribution in [2.24, 2.45) is 0 Å². The molecule has 0 aliphatic carbocycles. The average molecular weight is 258 g/mol. The van der Waals surface area contributed by atoms with E-state index in [9.17, 15) is 9.59 Å². The van der Waals surface area contributed by atoms with Gasteiger partial charge in [-0.3, -0.25) is 0 Å². The number of carbonyl (C=O) groups is 2. The molecule has 0 heterocycles. The van der Waals surface area contributed by atoms with E-state index in [1.165, 1.54) is 7.11 Å². The summed E-state index contributed by atoms with van der Waals surface area (Å²) < 4.78 is 8.94. The predicted molar refractivity (Wildman–Crippen MR) is 68.9 cm³/mol. The molecule has 0 amide bonds. The van der Waals surface area contributed by atoms with Crippen LogP contribution in [0.2, 0.25) is 0 Å². The number of ether oxygens (including phenoxy) is 2. The van der Waals surface area contributed by atoms with E-state index in [-0.39, 0.29) is 12.6 Å². The van der Waals surface area contributed by atoms with Gasteiger partial charge in [0.2, 0.25) is 0 Å². The van der Waals surface area contributed by atoms with Crippen molar-refractivity contribution < 1.29 is 24.2 Å². The first-order valence-electron chi connectivity index (χ1n) is 5.50. The highest BCUT2D eigenvalue weighted by molar-refractivity contribution is 5.87. The number of methoxy groups -OCH3 is 1. The average Bonchev–Trinajstić information content (AvgIpc) is 2.34. The Morgan fingerprint density at radius 3 is 1.83 bits per heavy atom. The highest BCUT2D eigenvalue weighted by Gasteiger charge is 2.06. The molecule has 0 radical (unpaired) electrons. The monoisotopic (exact) mass is 258 g/mol. The van der Waals surface area contributed by atoms with Gasteiger partial charge in [-0.05, 0) is 20.3 Å². The highest BCUT2D eigenvalue weighted by atomic mass is 16.5. The molecule has 0 rings (SSSR count). The second-order valence-corrected chi connectivity index (χ2v) is 3.71. The molecular weight excluding hydrogens is 236 g/mol. The van der Waals surface area contributed by atoms with Crippen molar-refractivity contribution >= 4 is 11.9 Å². The summed E-state index contributed by atoms with van der Waals surface area (Å²) in [5, 5.41) is 8.98. The third kappa shape index (κ3) is 10.9. The molecule has 0 spiro atoms. The Kier molecular flexibility index (Phi) is 11.0. The van der Waals surface area contributed by atoms with Gasteiger partial charge in [-0.2, -0.15) is 0 Å². The van der Waals surface area contributed by atoms with E-state index >= 15 is 0 Å². The third-order valence-electron chi connectivity index (χ3n) is 1.76. The maximum absolute atomic E-state index is 10.7. The minimum atomic E-state index is -0.557. The van der Waals surface area contributed by atoms with Crippen LogP contribution in [-0.4, -0.2) is 36.9 Å². The molecule has 0 bridgehead atoms. The number of hydrogen-bond donors (Lipinski definition) is 1. The third-order valence-corrected chi connectivity index (χ3v) is 1.76. The van der Waals surface area contributed by atoms with Gasteiger partial charge in [-0.15, -0.1) is 0 Å². The standard InChI is InChI=1S/C8H14O3.C5H8O2/c1-4-7(9)5-11-8(10)6(2)3;1-4(2)5(6)7-3/h7,9H,2,4-5H2,1,3H3;1H2,2-3H3. The van der Waals surface area contributed by atoms with Crippen LogP contribution in [0, 0.1) is 0 Å². The molecular formula is C13H22O5. The second kappa shape index (κ2) is 10.5. The van der Waals surface area contributed by atoms with Crippen LogP contribution in [0.3, 0.4) is 0 Å². The molecule has 5 heteroatoms. The predicted octanol–water partition coefficient (Wildman–Crippen LogP) is 1.61. The minimum absolute atomic E-state index is 0.0577. The molecule has 0 saturated carbocycles. The molecule has 1 atom stereocenters. The van der Waals surface area contributed by atoms with Gasteiger partial charge in [0.1, 0.15) is 6.61 Å². The lowest BCUT2D eigenvalue weighted by atomic mass is 10.3. The highest BCUT2D eigenvalue weighted by Crippen LogP contribution is 1.95. The first-order valence-corrected chi connectivity index (χ1v) is 5.50. The van der Waals surface area contributed by atoms with Gasteiger partial charge in [0.05, 0.1) is 13.2 Å². The van der Waals surface area contributed by atoms with Gasteiger partial charge in [0.15, 0.2) is 0 Å². The molecule has 5 nitrogen and oxygen atoms in total. The van der Waals surface area contributed by atoms with Crippen LogP contribution in [0.15, 0.2) is 24.3 Å². The smallest absolute Gasteiger partial charge is 0.333 e. The summed E-state index contributed by atoms with van der Waals surface area (Å²) in [5.74, 6) is -0.794. The maximum Gasteiger partial charge on any atom is 0.333 e. The van der Waals surface area contributed by atoms with Crippen LogP contribution in [-0.2, 0) is 19.1 Å². The van der Waals surface area contributed by atoms with Gasteiger partial charge in [0.25, 0.3) is 0 Å². The van der Waals surface area contributed by atoms with E-state index < -0.39 is 12.1 Å². The first-order chi connectivity index (χ1) is 8.26. The number of aliphatic hydroxyl groups excluding tert-OH is 1. The van der Waals surface area contributed by atoms with Crippen LogP contribution < -0.4 is 0 Å². The zero-order chi connectivity index (χ0) is 14.7. The Bertz CT molecular complexity index is 307. The Morgan fingerprint density at radius 1 is 1.17 bits per heavy atom. The van der Waals surface area contributed by atoms with E-state index in [1.807, 2.05) is 6.92 Å². The number of rotatable bonds is 5. The fraction of sp³-hybridized carbons (Fsp3) is 0.538. The zero-order valence-electron chi connectivity index (χ0n) is 11.5. The van der Waals surface area contributed by atoms with E-state index in [0.717, 1.165) is 0 Å². The van der Waals surface area contributed by atoms with E-state index in [2.05, 4.69) is 22.6 Å². The molecule has 104 valence electrons. The van der Waals surface area contributed by atoms with E-state index in [4.69, 9.17) is 5.11 Å². The minimum Gasteiger partial charge on any atom is -0.466 e. The van der Waals surface area contributed by atoms with Crippen molar-refractivity contribution in [3.05, 3.63) is 24.3 Å². The molecule has 0 aromatic rings. The topological polar surface area (TPSA) is 72.8 Å². The van der Waals surface area contributed by atoms with Crippen molar-refractivity contribution in [2.45, 2.75) is 33.3 Å². The van der Waals surface area contributed by atoms with Crippen LogP contribution in [0.5, 0.6) is 0 Å². The van der Waals surface area contributed by atoms with Crippen molar-refractivity contribution in [1.29, 1.82) is 0 Å². The summed E-state index contributed by atoms with van der Waals surface area (Å²) in [6.07, 6.45) is 0.0296. The summed E-state index contributed by atoms with van der Waals surface area (Å²) in [5.41, 5.74) is 0.788. The number of hydrogen-bond acceptors (Lipinski definition) is 5. The lowest BCUT2D eigenvalue weighted by molar-refractivity contribution is -0.142. The molecule has 0 fully saturated rings. The molecule has 1 N–H and O–H groups in total. The molecule has 0 aliphatic heterocycles. The lowest BCUT2D eigenvalue weighted by Crippen LogP contribution is -2.17. The Morgan fingerprint density at radius 2 is 1.61 bits per heavy atom. The quantitative estimate of drug-likeness (QED) is 0.599. The van der Waals surface area contributed by atoms with Gasteiger partial charge in [0, 0.05) is 11.1 Å². The Hall–Kier alpha value is -1.62. The zero-order valence-corrected chi connectivity index (χ0v) is 11.5. The molecule has 0 aromatic heterocycles. The second-order valence-electron chi connectivity index (χ2n) is 3.71. The molecule has 18 heavy (non-hydrogen) atoms. The molecule has 0 aliphatic rings. The van der Waals surface area contributed by atoms with Crippen LogP contribution in [0.4, 0.5) is 0 Å². The fourth-order valence-corrected chi connectivity index (χ4v) is 0.587. The number of aliphatic hydroxyl groups is 1. The molecule has 0 saturated heterocycles. The summed E-state index contributed by atoms with van der Waals surface area (Å²) in [4.78, 5) is 20.9. The van der Waals surface area contributed by atoms with Crippen molar-refractivity contribution in [3.8, 4) is 0 Å². The lowest BCUT2D eigenvalue weighted by Gasteiger charge is -2.07. The normalized spacial score (nSPS) is 10.5. The van der Waals surface area contributed by atoms with Crippen LogP contribution in [0.25, 0.3) is 0 Å². The van der Waals surface area contributed by atoms with Gasteiger partial charge >= 0.3 is 11.9 Å². The van der Waals surface area contributed by atoms with E-state index in [0.29, 0.717) is 17.6 Å². The Balaban J connectivity index is 0. The largest absolute Gasteiger partial charge is 0.466 e. The summed E-state index contributed by atoms with van der Waals surface area (Å²) in [6, 6.07) is 0. The summed E-state index contributed by atoms with van der Waals surface area (Å²) >= 11 is 0. The van der Waals surface area contributed by atoms with Crippen molar-refractivity contribution in [3.63, 3.8) is 0 Å². The van der Waals surface area contributed by atoms with Gasteiger partial charge < -0.3 is 14.6 Å². The Labute approximate surface area is 108 Å². The van der Waals surface area contributed by atoms with Crippen molar-refractivity contribution in [1.82, 2.24) is 0 Å². The first kappa shape index (κ1) is 18.7. The summed E-state index contributed by atoms with van der Waals surface area (Å²) in [6.45, 7) is 11.8. The van der Waals surface area contributed by atoms with Crippen molar-refractivity contribution in [2.75, 3.05) is 13.7 Å².